The van der Waals surface area contributed by atoms with E-state index in [4.69, 9.17) is 4.74 Å². The van der Waals surface area contributed by atoms with E-state index in [1.807, 2.05) is 0 Å². The average Bonchev–Trinajstić information content (AvgIpc) is 2.86. The number of benzene rings is 2. The summed E-state index contributed by atoms with van der Waals surface area (Å²) in [4.78, 5) is 24.4. The summed E-state index contributed by atoms with van der Waals surface area (Å²) in [7, 11) is 0. The smallest absolute Gasteiger partial charge is 0.548 e. The van der Waals surface area contributed by atoms with Crippen LogP contribution in [0.15, 0.2) is 48.5 Å². The summed E-state index contributed by atoms with van der Waals surface area (Å²) in [5.41, 5.74) is 5.48. The van der Waals surface area contributed by atoms with Gasteiger partial charge in [0.1, 0.15) is 6.61 Å². The van der Waals surface area contributed by atoms with Crippen molar-refractivity contribution in [1.82, 2.24) is 10.2 Å². The zero-order valence-corrected chi connectivity index (χ0v) is 26.0. The molecule has 196 valence electrons. The molecular formula is C30H41KN2O4. The van der Waals surface area contributed by atoms with Crippen LogP contribution in [-0.4, -0.2) is 56.2 Å². The van der Waals surface area contributed by atoms with Gasteiger partial charge >= 0.3 is 51.4 Å². The number of aliphatic carboxylic acids is 1. The number of unbranched alkanes of at least 4 members (excludes halogenated alkanes) is 3. The van der Waals surface area contributed by atoms with Crippen molar-refractivity contribution >= 4 is 11.9 Å². The summed E-state index contributed by atoms with van der Waals surface area (Å²) >= 11 is 0. The normalized spacial score (nSPS) is 14.4. The van der Waals surface area contributed by atoms with E-state index in [1.165, 1.54) is 41.5 Å². The summed E-state index contributed by atoms with van der Waals surface area (Å²) in [6.07, 6.45) is 6.75. The standard InChI is InChI=1S/C30H42N2O4.K/c1-23-7-11-25(12-8-23)30(26-13-9-24(2)10-14-26)27-15-19-32(20-16-27)18-6-4-3-5-17-31-28(33)21-36-22-29(34)35;/h7-14,27,30H,3-6,15-22H2,1-2H3,(H,31,33)(H,34,35);/q;+1/p-1. The van der Waals surface area contributed by atoms with E-state index in [9.17, 15) is 14.7 Å². The van der Waals surface area contributed by atoms with Gasteiger partial charge in [0.15, 0.2) is 0 Å². The molecule has 0 saturated carbocycles. The summed E-state index contributed by atoms with van der Waals surface area (Å²) < 4.78 is 4.72. The molecule has 2 aromatic rings. The van der Waals surface area contributed by atoms with E-state index >= 15 is 0 Å². The molecule has 0 radical (unpaired) electrons. The van der Waals surface area contributed by atoms with Gasteiger partial charge in [-0.05, 0) is 76.2 Å². The molecule has 1 aliphatic heterocycles. The third-order valence-electron chi connectivity index (χ3n) is 7.15. The van der Waals surface area contributed by atoms with E-state index in [2.05, 4.69) is 72.6 Å². The molecule has 1 heterocycles. The number of carbonyl (C=O) groups excluding carboxylic acids is 2. The Morgan fingerprint density at radius 2 is 1.43 bits per heavy atom. The molecule has 6 nitrogen and oxygen atoms in total. The van der Waals surface area contributed by atoms with Gasteiger partial charge in [0.25, 0.3) is 0 Å². The fraction of sp³-hybridized carbons (Fsp3) is 0.533. The number of carbonyl (C=O) groups is 2. The van der Waals surface area contributed by atoms with Crippen LogP contribution in [0.2, 0.25) is 0 Å². The minimum atomic E-state index is -1.32. The van der Waals surface area contributed by atoms with Crippen molar-refractivity contribution in [3.05, 3.63) is 70.8 Å². The molecule has 0 aliphatic carbocycles. The van der Waals surface area contributed by atoms with Crippen LogP contribution in [0, 0.1) is 19.8 Å². The van der Waals surface area contributed by atoms with Crippen LogP contribution in [0.4, 0.5) is 0 Å². The van der Waals surface area contributed by atoms with E-state index in [1.54, 1.807) is 0 Å². The summed E-state index contributed by atoms with van der Waals surface area (Å²) in [5, 5.41) is 13.0. The Kier molecular flexibility index (Phi) is 15.2. The molecule has 1 N–H and O–H groups in total. The van der Waals surface area contributed by atoms with Gasteiger partial charge in [-0.1, -0.05) is 72.5 Å². The van der Waals surface area contributed by atoms with E-state index < -0.39 is 12.6 Å². The first-order valence-corrected chi connectivity index (χ1v) is 13.3. The van der Waals surface area contributed by atoms with Crippen molar-refractivity contribution in [2.45, 2.75) is 58.3 Å². The minimum Gasteiger partial charge on any atom is -0.548 e. The van der Waals surface area contributed by atoms with Crippen LogP contribution >= 0.6 is 0 Å². The van der Waals surface area contributed by atoms with Gasteiger partial charge in [-0.3, -0.25) is 4.79 Å². The first-order valence-electron chi connectivity index (χ1n) is 13.3. The van der Waals surface area contributed by atoms with Gasteiger partial charge in [-0.25, -0.2) is 0 Å². The molecule has 1 amide bonds. The molecule has 0 atom stereocenters. The first-order chi connectivity index (χ1) is 17.4. The average molecular weight is 533 g/mol. The molecule has 0 unspecified atom stereocenters. The molecule has 2 aromatic carbocycles. The largest absolute Gasteiger partial charge is 1.00 e. The van der Waals surface area contributed by atoms with Gasteiger partial charge in [-0.2, -0.15) is 0 Å². The Bertz CT molecular complexity index is 896. The quantitative estimate of drug-likeness (QED) is 0.285. The van der Waals surface area contributed by atoms with Crippen LogP contribution < -0.4 is 61.8 Å². The number of carboxylic acid groups (broad SMARTS) is 1. The Labute approximate surface area is 265 Å². The van der Waals surface area contributed by atoms with Crippen molar-refractivity contribution in [1.29, 1.82) is 0 Å². The molecule has 0 bridgehead atoms. The predicted octanol–water partition coefficient (Wildman–Crippen LogP) is 0.594. The molecular weight excluding hydrogens is 491 g/mol. The number of aryl methyl sites for hydroxylation is 2. The molecule has 37 heavy (non-hydrogen) atoms. The number of carboxylic acids is 1. The Balaban J connectivity index is 0.00000481. The molecule has 7 heteroatoms. The summed E-state index contributed by atoms with van der Waals surface area (Å²) in [6, 6.07) is 18.2. The fourth-order valence-electron chi connectivity index (χ4n) is 5.11. The van der Waals surface area contributed by atoms with Gasteiger partial charge < -0.3 is 24.9 Å². The molecule has 3 rings (SSSR count). The van der Waals surface area contributed by atoms with Gasteiger partial charge in [-0.15, -0.1) is 0 Å². The Morgan fingerprint density at radius 1 is 0.892 bits per heavy atom. The predicted molar refractivity (Wildman–Crippen MR) is 141 cm³/mol. The van der Waals surface area contributed by atoms with Gasteiger partial charge in [0.2, 0.25) is 5.91 Å². The number of nitrogens with one attached hydrogen (secondary N) is 1. The van der Waals surface area contributed by atoms with Crippen molar-refractivity contribution in [3.8, 4) is 0 Å². The van der Waals surface area contributed by atoms with Crippen LogP contribution in [0.1, 0.15) is 66.7 Å². The number of rotatable bonds is 14. The SMILES string of the molecule is Cc1ccc(C(c2ccc(C)cc2)C2CCN(CCCCCCNC(=O)COCC(=O)[O-])CC2)cc1.[K+]. The summed E-state index contributed by atoms with van der Waals surface area (Å²) in [5.74, 6) is -0.487. The van der Waals surface area contributed by atoms with Crippen LogP contribution in [0.25, 0.3) is 0 Å². The second kappa shape index (κ2) is 17.5. The number of amides is 1. The second-order valence-corrected chi connectivity index (χ2v) is 10.1. The van der Waals surface area contributed by atoms with Crippen molar-refractivity contribution in [3.63, 3.8) is 0 Å². The first kappa shape index (κ1) is 32.2. The maximum atomic E-state index is 11.5. The Morgan fingerprint density at radius 3 is 1.97 bits per heavy atom. The molecule has 0 aromatic heterocycles. The van der Waals surface area contributed by atoms with E-state index in [0.29, 0.717) is 18.4 Å². The third kappa shape index (κ3) is 11.7. The number of hydrogen-bond donors (Lipinski definition) is 1. The van der Waals surface area contributed by atoms with Crippen molar-refractivity contribution in [2.75, 3.05) is 39.4 Å². The van der Waals surface area contributed by atoms with Crippen LogP contribution in [0.3, 0.4) is 0 Å². The third-order valence-corrected chi connectivity index (χ3v) is 7.15. The molecule has 1 saturated heterocycles. The fourth-order valence-corrected chi connectivity index (χ4v) is 5.11. The van der Waals surface area contributed by atoms with Crippen molar-refractivity contribution in [2.24, 2.45) is 5.92 Å². The maximum Gasteiger partial charge on any atom is 1.00 e. The van der Waals surface area contributed by atoms with Crippen molar-refractivity contribution < 1.29 is 70.8 Å². The summed E-state index contributed by atoms with van der Waals surface area (Å²) in [6.45, 7) is 7.55. The van der Waals surface area contributed by atoms with Crippen LogP contribution in [-0.2, 0) is 14.3 Å². The monoisotopic (exact) mass is 532 g/mol. The maximum absolute atomic E-state index is 11.5. The van der Waals surface area contributed by atoms with Gasteiger partial charge in [0.05, 0.1) is 12.6 Å². The van der Waals surface area contributed by atoms with Gasteiger partial charge in [0, 0.05) is 12.5 Å². The number of nitrogens with zero attached hydrogens (tertiary/aromatic N) is 1. The number of likely N-dealkylation sites (tertiary alicyclic amines) is 1. The number of hydrogen-bond acceptors (Lipinski definition) is 5. The Hall–Kier alpha value is -1.06. The zero-order valence-electron chi connectivity index (χ0n) is 22.8. The zero-order chi connectivity index (χ0) is 25.8. The molecule has 1 fully saturated rings. The topological polar surface area (TPSA) is 81.7 Å². The number of piperidine rings is 1. The van der Waals surface area contributed by atoms with Crippen LogP contribution in [0.5, 0.6) is 0 Å². The van der Waals surface area contributed by atoms with E-state index in [-0.39, 0.29) is 63.9 Å². The second-order valence-electron chi connectivity index (χ2n) is 10.1. The molecule has 1 aliphatic rings. The minimum absolute atomic E-state index is 0. The molecule has 0 spiro atoms. The van der Waals surface area contributed by atoms with E-state index in [0.717, 1.165) is 38.9 Å². The number of ether oxygens (including phenoxy) is 1.